The molecule has 0 saturated heterocycles. The lowest BCUT2D eigenvalue weighted by Crippen LogP contribution is -2.22. The quantitative estimate of drug-likeness (QED) is 0.627. The molecule has 0 unspecified atom stereocenters. The second-order valence-electron chi connectivity index (χ2n) is 5.97. The average Bonchev–Trinajstić information content (AvgIpc) is 3.24. The highest BCUT2D eigenvalue weighted by Gasteiger charge is 2.12. The predicted molar refractivity (Wildman–Crippen MR) is 93.1 cm³/mol. The first-order valence-corrected chi connectivity index (χ1v) is 8.31. The maximum absolute atomic E-state index is 5.27. The first-order valence-electron chi connectivity index (χ1n) is 8.31. The molecule has 0 spiro atoms. The van der Waals surface area contributed by atoms with Gasteiger partial charge in [-0.05, 0) is 31.2 Å². The number of benzene rings is 1. The van der Waals surface area contributed by atoms with Gasteiger partial charge in [-0.25, -0.2) is 4.68 Å². The van der Waals surface area contributed by atoms with Gasteiger partial charge in [0, 0.05) is 25.4 Å². The number of methoxy groups -OCH3 is 1. The summed E-state index contributed by atoms with van der Waals surface area (Å²) in [5.41, 5.74) is 3.42. The average molecular weight is 341 g/mol. The standard InChI is InChI=1S/C18H23N5O2/c1-4-22(12-18-20-17(13-24-3)21-25-18)10-15-9-19-23(11-15)16-7-5-6-14(2)8-16/h5-9,11H,4,10,12-13H2,1-3H3. The summed E-state index contributed by atoms with van der Waals surface area (Å²) >= 11 is 0. The van der Waals surface area contributed by atoms with Crippen LogP contribution in [0.2, 0.25) is 0 Å². The molecule has 0 aliphatic carbocycles. The minimum absolute atomic E-state index is 0.360. The monoisotopic (exact) mass is 341 g/mol. The van der Waals surface area contributed by atoms with Crippen molar-refractivity contribution in [1.29, 1.82) is 0 Å². The first kappa shape index (κ1) is 17.3. The molecule has 0 saturated carbocycles. The molecule has 1 aromatic carbocycles. The van der Waals surface area contributed by atoms with Gasteiger partial charge < -0.3 is 9.26 Å². The summed E-state index contributed by atoms with van der Waals surface area (Å²) in [5.74, 6) is 1.17. The molecule has 0 N–H and O–H groups in total. The van der Waals surface area contributed by atoms with Gasteiger partial charge >= 0.3 is 0 Å². The van der Waals surface area contributed by atoms with Crippen molar-refractivity contribution in [2.24, 2.45) is 0 Å². The molecule has 0 fully saturated rings. The van der Waals surface area contributed by atoms with Crippen LogP contribution < -0.4 is 0 Å². The van der Waals surface area contributed by atoms with Gasteiger partial charge in [0.05, 0.1) is 18.4 Å². The van der Waals surface area contributed by atoms with Crippen LogP contribution >= 0.6 is 0 Å². The zero-order chi connectivity index (χ0) is 17.6. The number of aryl methyl sites for hydroxylation is 1. The van der Waals surface area contributed by atoms with Crippen LogP contribution in [0.25, 0.3) is 5.69 Å². The van der Waals surface area contributed by atoms with Crippen molar-refractivity contribution in [2.45, 2.75) is 33.5 Å². The van der Waals surface area contributed by atoms with Crippen LogP contribution in [0.15, 0.2) is 41.2 Å². The lowest BCUT2D eigenvalue weighted by atomic mass is 10.2. The summed E-state index contributed by atoms with van der Waals surface area (Å²) < 4.78 is 12.2. The van der Waals surface area contributed by atoms with Gasteiger partial charge in [-0.1, -0.05) is 24.2 Å². The lowest BCUT2D eigenvalue weighted by molar-refractivity contribution is 0.174. The summed E-state index contributed by atoms with van der Waals surface area (Å²) in [4.78, 5) is 6.55. The normalized spacial score (nSPS) is 11.4. The van der Waals surface area contributed by atoms with Gasteiger partial charge in [0.15, 0.2) is 5.82 Å². The lowest BCUT2D eigenvalue weighted by Gasteiger charge is -2.16. The molecule has 2 aromatic heterocycles. The molecule has 0 atom stereocenters. The van der Waals surface area contributed by atoms with Crippen molar-refractivity contribution in [3.63, 3.8) is 0 Å². The third kappa shape index (κ3) is 4.52. The highest BCUT2D eigenvalue weighted by atomic mass is 16.5. The van der Waals surface area contributed by atoms with Crippen LogP contribution in [0, 0.1) is 6.92 Å². The minimum atomic E-state index is 0.360. The highest BCUT2D eigenvalue weighted by Crippen LogP contribution is 2.13. The molecule has 0 radical (unpaired) electrons. The molecule has 0 bridgehead atoms. The van der Waals surface area contributed by atoms with E-state index >= 15 is 0 Å². The molecule has 0 aliphatic rings. The Kier molecular flexibility index (Phi) is 5.57. The van der Waals surface area contributed by atoms with Crippen molar-refractivity contribution >= 4 is 0 Å². The van der Waals surface area contributed by atoms with Gasteiger partial charge in [0.1, 0.15) is 6.61 Å². The summed E-state index contributed by atoms with van der Waals surface area (Å²) in [6, 6.07) is 8.29. The van der Waals surface area contributed by atoms with Crippen LogP contribution in [0.1, 0.15) is 29.8 Å². The maximum Gasteiger partial charge on any atom is 0.240 e. The Morgan fingerprint density at radius 2 is 2.16 bits per heavy atom. The molecule has 2 heterocycles. The summed E-state index contributed by atoms with van der Waals surface area (Å²) in [6.45, 7) is 6.79. The Morgan fingerprint density at radius 1 is 1.28 bits per heavy atom. The third-order valence-corrected chi connectivity index (χ3v) is 3.90. The molecule has 7 nitrogen and oxygen atoms in total. The SMILES string of the molecule is CCN(Cc1cnn(-c2cccc(C)c2)c1)Cc1nc(COC)no1. The molecule has 25 heavy (non-hydrogen) atoms. The number of nitrogens with zero attached hydrogens (tertiary/aromatic N) is 5. The predicted octanol–water partition coefficient (Wildman–Crippen LogP) is 2.73. The van der Waals surface area contributed by atoms with E-state index in [-0.39, 0.29) is 0 Å². The number of rotatable bonds is 8. The Balaban J connectivity index is 1.65. The van der Waals surface area contributed by atoms with Crippen molar-refractivity contribution in [3.05, 3.63) is 59.5 Å². The molecular weight excluding hydrogens is 318 g/mol. The minimum Gasteiger partial charge on any atom is -0.377 e. The largest absolute Gasteiger partial charge is 0.377 e. The second kappa shape index (κ2) is 8.04. The van der Waals surface area contributed by atoms with E-state index in [0.717, 1.165) is 24.3 Å². The number of ether oxygens (including phenoxy) is 1. The van der Waals surface area contributed by atoms with Gasteiger partial charge in [-0.2, -0.15) is 10.1 Å². The fourth-order valence-electron chi connectivity index (χ4n) is 2.62. The van der Waals surface area contributed by atoms with E-state index in [2.05, 4.69) is 58.4 Å². The summed E-state index contributed by atoms with van der Waals surface area (Å²) in [6.07, 6.45) is 3.96. The van der Waals surface area contributed by atoms with Crippen molar-refractivity contribution in [3.8, 4) is 5.69 Å². The van der Waals surface area contributed by atoms with Gasteiger partial charge in [0.25, 0.3) is 0 Å². The Bertz CT molecular complexity index is 811. The zero-order valence-corrected chi connectivity index (χ0v) is 14.8. The van der Waals surface area contributed by atoms with Crippen molar-refractivity contribution < 1.29 is 9.26 Å². The van der Waals surface area contributed by atoms with E-state index in [1.807, 2.05) is 16.9 Å². The zero-order valence-electron chi connectivity index (χ0n) is 14.8. The fraction of sp³-hybridized carbons (Fsp3) is 0.389. The molecule has 7 heteroatoms. The van der Waals surface area contributed by atoms with Gasteiger partial charge in [-0.3, -0.25) is 4.90 Å². The third-order valence-electron chi connectivity index (χ3n) is 3.90. The maximum atomic E-state index is 5.27. The number of hydrogen-bond donors (Lipinski definition) is 0. The molecule has 132 valence electrons. The first-order chi connectivity index (χ1) is 12.2. The Morgan fingerprint density at radius 3 is 2.92 bits per heavy atom. The molecular formula is C18H23N5O2. The van der Waals surface area contributed by atoms with E-state index in [0.29, 0.717) is 24.9 Å². The number of aromatic nitrogens is 4. The molecule has 3 aromatic rings. The van der Waals surface area contributed by atoms with Crippen LogP contribution in [-0.4, -0.2) is 38.5 Å². The van der Waals surface area contributed by atoms with Crippen LogP contribution in [-0.2, 0) is 24.4 Å². The smallest absolute Gasteiger partial charge is 0.240 e. The molecule has 3 rings (SSSR count). The van der Waals surface area contributed by atoms with Crippen LogP contribution in [0.5, 0.6) is 0 Å². The topological polar surface area (TPSA) is 69.2 Å². The van der Waals surface area contributed by atoms with E-state index in [4.69, 9.17) is 9.26 Å². The van der Waals surface area contributed by atoms with Crippen molar-refractivity contribution in [2.75, 3.05) is 13.7 Å². The van der Waals surface area contributed by atoms with Crippen molar-refractivity contribution in [1.82, 2.24) is 24.8 Å². The van der Waals surface area contributed by atoms with Gasteiger partial charge in [0.2, 0.25) is 5.89 Å². The van der Waals surface area contributed by atoms with E-state index in [9.17, 15) is 0 Å². The molecule has 0 aliphatic heterocycles. The highest BCUT2D eigenvalue weighted by molar-refractivity contribution is 5.35. The van der Waals surface area contributed by atoms with Crippen LogP contribution in [0.4, 0.5) is 0 Å². The van der Waals surface area contributed by atoms with Crippen LogP contribution in [0.3, 0.4) is 0 Å². The Hall–Kier alpha value is -2.51. The number of hydrogen-bond acceptors (Lipinski definition) is 6. The van der Waals surface area contributed by atoms with E-state index < -0.39 is 0 Å². The summed E-state index contributed by atoms with van der Waals surface area (Å²) in [7, 11) is 1.61. The fourth-order valence-corrected chi connectivity index (χ4v) is 2.62. The second-order valence-corrected chi connectivity index (χ2v) is 5.97. The Labute approximate surface area is 147 Å². The molecule has 0 amide bonds. The van der Waals surface area contributed by atoms with E-state index in [1.165, 1.54) is 5.56 Å². The van der Waals surface area contributed by atoms with E-state index in [1.54, 1.807) is 7.11 Å². The summed E-state index contributed by atoms with van der Waals surface area (Å²) in [5, 5.41) is 8.37. The van der Waals surface area contributed by atoms with Gasteiger partial charge in [-0.15, -0.1) is 0 Å².